The first-order valence-corrected chi connectivity index (χ1v) is 9.51. The van der Waals surface area contributed by atoms with Crippen LogP contribution in [0.15, 0.2) is 60.1 Å². The van der Waals surface area contributed by atoms with Crippen molar-refractivity contribution in [3.05, 3.63) is 76.1 Å². The number of aliphatic hydroxyl groups excluding tert-OH is 1. The number of pyridine rings is 1. The zero-order valence-electron chi connectivity index (χ0n) is 15.0. The Bertz CT molecular complexity index is 927. The molecule has 0 aliphatic carbocycles. The number of rotatable bonds is 7. The van der Waals surface area contributed by atoms with E-state index in [9.17, 15) is 23.1 Å². The Labute approximate surface area is 168 Å². The number of aliphatic hydroxyl groups is 1. The Hall–Kier alpha value is -2.91. The van der Waals surface area contributed by atoms with Gasteiger partial charge in [-0.2, -0.15) is 13.2 Å². The number of benzene rings is 1. The highest BCUT2D eigenvalue weighted by Gasteiger charge is 2.30. The lowest BCUT2D eigenvalue weighted by atomic mass is 10.1. The van der Waals surface area contributed by atoms with E-state index in [4.69, 9.17) is 4.74 Å². The summed E-state index contributed by atoms with van der Waals surface area (Å²) >= 11 is 1.49. The summed E-state index contributed by atoms with van der Waals surface area (Å²) in [5.74, 6) is 0.0333. The second kappa shape index (κ2) is 9.06. The van der Waals surface area contributed by atoms with Crippen LogP contribution in [-0.4, -0.2) is 22.6 Å². The molecule has 3 aromatic rings. The average Bonchev–Trinajstić information content (AvgIpc) is 3.22. The molecule has 0 saturated carbocycles. The summed E-state index contributed by atoms with van der Waals surface area (Å²) in [6.07, 6.45) is -3.37. The molecular formula is C20H17F3N2O3S. The first-order valence-electron chi connectivity index (χ1n) is 8.63. The number of carbonyl (C=O) groups excluding carboxylic acids is 1. The number of halogens is 3. The van der Waals surface area contributed by atoms with Crippen LogP contribution in [0.3, 0.4) is 0 Å². The smallest absolute Gasteiger partial charge is 0.417 e. The lowest BCUT2D eigenvalue weighted by Gasteiger charge is -2.16. The van der Waals surface area contributed by atoms with Crippen molar-refractivity contribution in [2.24, 2.45) is 0 Å². The van der Waals surface area contributed by atoms with E-state index < -0.39 is 11.7 Å². The van der Waals surface area contributed by atoms with Crippen molar-refractivity contribution in [2.75, 3.05) is 6.61 Å². The average molecular weight is 422 g/mol. The molecule has 29 heavy (non-hydrogen) atoms. The summed E-state index contributed by atoms with van der Waals surface area (Å²) in [5.41, 5.74) is -0.475. The monoisotopic (exact) mass is 422 g/mol. The molecule has 152 valence electrons. The molecule has 0 spiro atoms. The van der Waals surface area contributed by atoms with Gasteiger partial charge >= 0.3 is 6.18 Å². The highest BCUT2D eigenvalue weighted by Crippen LogP contribution is 2.30. The minimum Gasteiger partial charge on any atom is -0.439 e. The summed E-state index contributed by atoms with van der Waals surface area (Å²) in [5, 5.41) is 14.0. The minimum atomic E-state index is -4.46. The number of nitrogens with zero attached hydrogens (tertiary/aromatic N) is 1. The molecule has 0 fully saturated rings. The van der Waals surface area contributed by atoms with Crippen LogP contribution in [0.2, 0.25) is 0 Å². The number of thiophene rings is 1. The number of amides is 1. The standard InChI is InChI=1S/C20H17F3N2O3S/c21-20(22,23)14-5-8-18(24-12-14)28-15-6-3-13(4-7-15)19(27)25-16(9-10-26)17-2-1-11-29-17/h1-8,11-12,16,26H,9-10H2,(H,25,27)/t16-/m0/s1. The Balaban J connectivity index is 1.64. The van der Waals surface area contributed by atoms with Crippen LogP contribution >= 0.6 is 11.3 Å². The van der Waals surface area contributed by atoms with E-state index >= 15 is 0 Å². The molecule has 5 nitrogen and oxygen atoms in total. The normalized spacial score (nSPS) is 12.4. The van der Waals surface area contributed by atoms with Gasteiger partial charge in [0.1, 0.15) is 5.75 Å². The van der Waals surface area contributed by atoms with Gasteiger partial charge in [-0.15, -0.1) is 11.3 Å². The quantitative estimate of drug-likeness (QED) is 0.573. The number of nitrogens with one attached hydrogen (secondary N) is 1. The zero-order chi connectivity index (χ0) is 20.9. The van der Waals surface area contributed by atoms with E-state index in [2.05, 4.69) is 10.3 Å². The van der Waals surface area contributed by atoms with Crippen molar-refractivity contribution in [1.29, 1.82) is 0 Å². The van der Waals surface area contributed by atoms with Crippen LogP contribution in [0.5, 0.6) is 11.6 Å². The molecule has 0 aliphatic heterocycles. The van der Waals surface area contributed by atoms with Crippen LogP contribution < -0.4 is 10.1 Å². The molecule has 1 atom stereocenters. The third kappa shape index (κ3) is 5.55. The molecule has 0 radical (unpaired) electrons. The predicted octanol–water partition coefficient (Wildman–Crippen LogP) is 4.81. The minimum absolute atomic E-state index is 0.0101. The van der Waals surface area contributed by atoms with E-state index in [1.54, 1.807) is 12.1 Å². The molecule has 9 heteroatoms. The second-order valence-corrected chi connectivity index (χ2v) is 7.04. The van der Waals surface area contributed by atoms with Crippen molar-refractivity contribution in [2.45, 2.75) is 18.6 Å². The van der Waals surface area contributed by atoms with Gasteiger partial charge in [0.15, 0.2) is 0 Å². The highest BCUT2D eigenvalue weighted by atomic mass is 32.1. The van der Waals surface area contributed by atoms with Crippen LogP contribution in [0.1, 0.15) is 33.3 Å². The molecule has 0 saturated heterocycles. The van der Waals surface area contributed by atoms with Crippen molar-refractivity contribution >= 4 is 17.2 Å². The van der Waals surface area contributed by atoms with Crippen molar-refractivity contribution in [3.8, 4) is 11.6 Å². The maximum absolute atomic E-state index is 12.6. The van der Waals surface area contributed by atoms with Gasteiger partial charge in [-0.1, -0.05) is 6.07 Å². The van der Waals surface area contributed by atoms with E-state index in [0.29, 0.717) is 23.9 Å². The van der Waals surface area contributed by atoms with Gasteiger partial charge in [0.05, 0.1) is 11.6 Å². The van der Waals surface area contributed by atoms with E-state index in [1.165, 1.54) is 23.5 Å². The molecule has 0 bridgehead atoms. The number of carbonyl (C=O) groups is 1. The van der Waals surface area contributed by atoms with Crippen molar-refractivity contribution in [3.63, 3.8) is 0 Å². The molecule has 2 N–H and O–H groups in total. The summed E-state index contributed by atoms with van der Waals surface area (Å²) in [4.78, 5) is 17.1. The molecule has 0 aliphatic rings. The Morgan fingerprint density at radius 1 is 1.17 bits per heavy atom. The van der Waals surface area contributed by atoms with Gasteiger partial charge in [-0.25, -0.2) is 4.98 Å². The van der Waals surface area contributed by atoms with Crippen molar-refractivity contribution in [1.82, 2.24) is 10.3 Å². The molecule has 1 aromatic carbocycles. The topological polar surface area (TPSA) is 71.5 Å². The van der Waals surface area contributed by atoms with Crippen LogP contribution in [-0.2, 0) is 6.18 Å². The number of ether oxygens (including phenoxy) is 1. The largest absolute Gasteiger partial charge is 0.439 e. The molecule has 1 amide bonds. The fourth-order valence-electron chi connectivity index (χ4n) is 2.55. The summed E-state index contributed by atoms with van der Waals surface area (Å²) < 4.78 is 43.1. The molecule has 2 aromatic heterocycles. The third-order valence-corrected chi connectivity index (χ3v) is 5.00. The fraction of sp³-hybridized carbons (Fsp3) is 0.200. The summed E-state index contributed by atoms with van der Waals surface area (Å²) in [6.45, 7) is -0.0598. The van der Waals surface area contributed by atoms with Crippen LogP contribution in [0.4, 0.5) is 13.2 Å². The van der Waals surface area contributed by atoms with Gasteiger partial charge in [0, 0.05) is 29.3 Å². The first-order chi connectivity index (χ1) is 13.9. The zero-order valence-corrected chi connectivity index (χ0v) is 15.8. The number of alkyl halides is 3. The van der Waals surface area contributed by atoms with E-state index in [1.807, 2.05) is 17.5 Å². The summed E-state index contributed by atoms with van der Waals surface area (Å²) in [6, 6.07) is 11.6. The van der Waals surface area contributed by atoms with Crippen LogP contribution in [0, 0.1) is 0 Å². The van der Waals surface area contributed by atoms with Gasteiger partial charge in [-0.3, -0.25) is 4.79 Å². The van der Waals surface area contributed by atoms with Crippen molar-refractivity contribution < 1.29 is 27.8 Å². The maximum Gasteiger partial charge on any atom is 0.417 e. The van der Waals surface area contributed by atoms with Gasteiger partial charge in [-0.05, 0) is 48.2 Å². The second-order valence-electron chi connectivity index (χ2n) is 6.06. The number of hydrogen-bond acceptors (Lipinski definition) is 5. The lowest BCUT2D eigenvalue weighted by molar-refractivity contribution is -0.137. The van der Waals surface area contributed by atoms with Gasteiger partial charge in [0.25, 0.3) is 5.91 Å². The fourth-order valence-corrected chi connectivity index (χ4v) is 3.36. The molecular weight excluding hydrogens is 405 g/mol. The van der Waals surface area contributed by atoms with Crippen LogP contribution in [0.25, 0.3) is 0 Å². The Morgan fingerprint density at radius 2 is 1.93 bits per heavy atom. The Morgan fingerprint density at radius 3 is 2.48 bits per heavy atom. The molecule has 3 rings (SSSR count). The molecule has 2 heterocycles. The number of aromatic nitrogens is 1. The summed E-state index contributed by atoms with van der Waals surface area (Å²) in [7, 11) is 0. The molecule has 0 unspecified atom stereocenters. The number of hydrogen-bond donors (Lipinski definition) is 2. The Kier molecular flexibility index (Phi) is 6.50. The predicted molar refractivity (Wildman–Crippen MR) is 102 cm³/mol. The van der Waals surface area contributed by atoms with Gasteiger partial charge < -0.3 is 15.2 Å². The third-order valence-electron chi connectivity index (χ3n) is 4.01. The maximum atomic E-state index is 12.6. The van der Waals surface area contributed by atoms with E-state index in [0.717, 1.165) is 17.0 Å². The SMILES string of the molecule is O=C(N[C@@H](CCO)c1cccs1)c1ccc(Oc2ccc(C(F)(F)F)cn2)cc1. The van der Waals surface area contributed by atoms with E-state index in [-0.39, 0.29) is 24.4 Å². The first kappa shape index (κ1) is 20.8. The lowest BCUT2D eigenvalue weighted by Crippen LogP contribution is -2.28. The highest BCUT2D eigenvalue weighted by molar-refractivity contribution is 7.10. The van der Waals surface area contributed by atoms with Gasteiger partial charge in [0.2, 0.25) is 5.88 Å².